The smallest absolute Gasteiger partial charge is 0.211 e. The average molecular weight is 297 g/mol. The van der Waals surface area contributed by atoms with E-state index >= 15 is 0 Å². The monoisotopic (exact) mass is 296 g/mol. The molecule has 0 spiro atoms. The summed E-state index contributed by atoms with van der Waals surface area (Å²) in [5.74, 6) is 0.693. The molecule has 2 fully saturated rings. The van der Waals surface area contributed by atoms with Gasteiger partial charge in [0.2, 0.25) is 10.0 Å². The summed E-state index contributed by atoms with van der Waals surface area (Å²) in [5.41, 5.74) is 5.97. The topological polar surface area (TPSA) is 72.2 Å². The second-order valence-electron chi connectivity index (χ2n) is 5.82. The molecule has 2 rings (SSSR count). The van der Waals surface area contributed by atoms with Gasteiger partial charge in [-0.2, -0.15) is 0 Å². The van der Waals surface area contributed by atoms with Crippen LogP contribution in [0.5, 0.6) is 0 Å². The van der Waals surface area contributed by atoms with Gasteiger partial charge in [-0.15, -0.1) is 12.4 Å². The quantitative estimate of drug-likeness (QED) is 0.760. The fourth-order valence-corrected chi connectivity index (χ4v) is 4.10. The molecule has 0 heterocycles. The van der Waals surface area contributed by atoms with Gasteiger partial charge in [0.05, 0.1) is 5.75 Å². The van der Waals surface area contributed by atoms with Gasteiger partial charge < -0.3 is 5.73 Å². The van der Waals surface area contributed by atoms with Gasteiger partial charge in [0, 0.05) is 12.1 Å². The van der Waals surface area contributed by atoms with Crippen molar-refractivity contribution >= 4 is 22.4 Å². The SMILES string of the molecule is Cl.NC1(CNS(=O)(=O)CC2CC2)CCCCCC1. The average Bonchev–Trinajstić information content (AvgIpc) is 3.05. The lowest BCUT2D eigenvalue weighted by atomic mass is 9.92. The van der Waals surface area contributed by atoms with Crippen LogP contribution in [-0.2, 0) is 10.0 Å². The molecular formula is C12H25ClN2O2S. The Labute approximate surface area is 117 Å². The summed E-state index contributed by atoms with van der Waals surface area (Å²) in [6, 6.07) is 0. The summed E-state index contributed by atoms with van der Waals surface area (Å²) in [6.45, 7) is 0.419. The van der Waals surface area contributed by atoms with Gasteiger partial charge in [-0.05, 0) is 31.6 Å². The van der Waals surface area contributed by atoms with Crippen LogP contribution in [0.2, 0.25) is 0 Å². The van der Waals surface area contributed by atoms with Crippen LogP contribution >= 0.6 is 12.4 Å². The summed E-state index contributed by atoms with van der Waals surface area (Å²) in [4.78, 5) is 0. The van der Waals surface area contributed by atoms with E-state index in [1.54, 1.807) is 0 Å². The van der Waals surface area contributed by atoms with E-state index in [1.807, 2.05) is 0 Å². The number of nitrogens with two attached hydrogens (primary N) is 1. The van der Waals surface area contributed by atoms with Gasteiger partial charge in [-0.25, -0.2) is 13.1 Å². The molecule has 2 saturated carbocycles. The van der Waals surface area contributed by atoms with E-state index in [2.05, 4.69) is 4.72 Å². The highest BCUT2D eigenvalue weighted by molar-refractivity contribution is 7.89. The van der Waals surface area contributed by atoms with Crippen LogP contribution in [0.15, 0.2) is 0 Å². The predicted octanol–water partition coefficient (Wildman–Crippen LogP) is 1.79. The molecule has 108 valence electrons. The molecule has 4 nitrogen and oxygen atoms in total. The summed E-state index contributed by atoms with van der Waals surface area (Å²) in [6.07, 6.45) is 8.73. The van der Waals surface area contributed by atoms with Crippen LogP contribution in [0.4, 0.5) is 0 Å². The maximum Gasteiger partial charge on any atom is 0.211 e. The van der Waals surface area contributed by atoms with Crippen molar-refractivity contribution in [2.75, 3.05) is 12.3 Å². The Morgan fingerprint density at radius 3 is 2.17 bits per heavy atom. The van der Waals surface area contributed by atoms with Gasteiger partial charge in [0.1, 0.15) is 0 Å². The zero-order chi connectivity index (χ0) is 12.4. The number of hydrogen-bond donors (Lipinski definition) is 2. The number of halogens is 1. The number of rotatable bonds is 5. The zero-order valence-electron chi connectivity index (χ0n) is 10.9. The first-order chi connectivity index (χ1) is 7.99. The molecule has 0 aromatic rings. The molecule has 18 heavy (non-hydrogen) atoms. The van der Waals surface area contributed by atoms with Crippen molar-refractivity contribution in [2.45, 2.75) is 56.9 Å². The minimum Gasteiger partial charge on any atom is -0.324 e. The third kappa shape index (κ3) is 5.43. The summed E-state index contributed by atoms with van der Waals surface area (Å²) < 4.78 is 26.3. The van der Waals surface area contributed by atoms with Crippen LogP contribution < -0.4 is 10.5 Å². The molecule has 0 aromatic heterocycles. The Balaban J connectivity index is 0.00000162. The highest BCUT2D eigenvalue weighted by atomic mass is 35.5. The Morgan fingerprint density at radius 2 is 1.67 bits per heavy atom. The molecular weight excluding hydrogens is 272 g/mol. The Morgan fingerprint density at radius 1 is 1.11 bits per heavy atom. The lowest BCUT2D eigenvalue weighted by Crippen LogP contribution is -2.50. The largest absolute Gasteiger partial charge is 0.324 e. The van der Waals surface area contributed by atoms with Gasteiger partial charge in [-0.3, -0.25) is 0 Å². The predicted molar refractivity (Wildman–Crippen MR) is 76.4 cm³/mol. The minimum atomic E-state index is -3.10. The van der Waals surface area contributed by atoms with Gasteiger partial charge in [-0.1, -0.05) is 25.7 Å². The fraction of sp³-hybridized carbons (Fsp3) is 1.00. The van der Waals surface area contributed by atoms with E-state index in [0.717, 1.165) is 38.5 Å². The highest BCUT2D eigenvalue weighted by Crippen LogP contribution is 2.30. The lowest BCUT2D eigenvalue weighted by molar-refractivity contribution is 0.369. The Hall–Kier alpha value is 0.160. The van der Waals surface area contributed by atoms with Crippen molar-refractivity contribution in [3.8, 4) is 0 Å². The Kier molecular flexibility index (Phi) is 5.90. The van der Waals surface area contributed by atoms with E-state index < -0.39 is 10.0 Å². The first kappa shape index (κ1) is 16.2. The molecule has 0 radical (unpaired) electrons. The third-order valence-corrected chi connectivity index (χ3v) is 5.39. The van der Waals surface area contributed by atoms with Crippen molar-refractivity contribution in [2.24, 2.45) is 11.7 Å². The molecule has 0 aliphatic heterocycles. The second-order valence-corrected chi connectivity index (χ2v) is 7.67. The maximum atomic E-state index is 11.8. The van der Waals surface area contributed by atoms with Crippen LogP contribution in [0.1, 0.15) is 51.4 Å². The normalized spacial score (nSPS) is 24.1. The highest BCUT2D eigenvalue weighted by Gasteiger charge is 2.31. The van der Waals surface area contributed by atoms with Crippen LogP contribution in [-0.4, -0.2) is 26.3 Å². The molecule has 3 N–H and O–H groups in total. The van der Waals surface area contributed by atoms with Crippen LogP contribution in [0, 0.1) is 5.92 Å². The summed E-state index contributed by atoms with van der Waals surface area (Å²) in [5, 5.41) is 0. The molecule has 0 saturated heterocycles. The van der Waals surface area contributed by atoms with Crippen molar-refractivity contribution in [3.63, 3.8) is 0 Å². The van der Waals surface area contributed by atoms with Crippen LogP contribution in [0.3, 0.4) is 0 Å². The number of hydrogen-bond acceptors (Lipinski definition) is 3. The minimum absolute atomic E-state index is 0. The molecule has 2 aliphatic carbocycles. The standard InChI is InChI=1S/C12H24N2O2S.ClH/c13-12(7-3-1-2-4-8-12)10-14-17(15,16)9-11-5-6-11;/h11,14H,1-10,13H2;1H. The van der Waals surface area contributed by atoms with Gasteiger partial charge >= 0.3 is 0 Å². The van der Waals surface area contributed by atoms with E-state index in [9.17, 15) is 8.42 Å². The van der Waals surface area contributed by atoms with Crippen molar-refractivity contribution in [3.05, 3.63) is 0 Å². The van der Waals surface area contributed by atoms with E-state index in [4.69, 9.17) is 5.73 Å². The first-order valence-corrected chi connectivity index (χ1v) is 8.41. The van der Waals surface area contributed by atoms with E-state index in [-0.39, 0.29) is 17.9 Å². The Bertz CT molecular complexity index is 347. The molecule has 2 aliphatic rings. The number of sulfonamides is 1. The van der Waals surface area contributed by atoms with Crippen molar-refractivity contribution in [1.29, 1.82) is 0 Å². The van der Waals surface area contributed by atoms with E-state index in [1.165, 1.54) is 12.8 Å². The molecule has 6 heteroatoms. The maximum absolute atomic E-state index is 11.8. The molecule has 0 amide bonds. The molecule has 0 bridgehead atoms. The fourth-order valence-electron chi connectivity index (χ4n) is 2.52. The lowest BCUT2D eigenvalue weighted by Gasteiger charge is -2.28. The van der Waals surface area contributed by atoms with Crippen molar-refractivity contribution < 1.29 is 8.42 Å². The molecule has 0 unspecified atom stereocenters. The molecule has 0 aromatic carbocycles. The van der Waals surface area contributed by atoms with E-state index in [0.29, 0.717) is 18.2 Å². The molecule has 0 atom stereocenters. The van der Waals surface area contributed by atoms with Crippen LogP contribution in [0.25, 0.3) is 0 Å². The van der Waals surface area contributed by atoms with Crippen molar-refractivity contribution in [1.82, 2.24) is 4.72 Å². The van der Waals surface area contributed by atoms with Gasteiger partial charge in [0.15, 0.2) is 0 Å². The number of nitrogens with one attached hydrogen (secondary N) is 1. The van der Waals surface area contributed by atoms with Gasteiger partial charge in [0.25, 0.3) is 0 Å². The second kappa shape index (κ2) is 6.55. The summed E-state index contributed by atoms with van der Waals surface area (Å²) >= 11 is 0. The summed E-state index contributed by atoms with van der Waals surface area (Å²) in [7, 11) is -3.10. The third-order valence-electron chi connectivity index (χ3n) is 3.90. The zero-order valence-corrected chi connectivity index (χ0v) is 12.5. The first-order valence-electron chi connectivity index (χ1n) is 6.75.